The number of fused-ring (bicyclic) bond motifs is 1. The van der Waals surface area contributed by atoms with Crippen LogP contribution in [0.1, 0.15) is 129 Å². The van der Waals surface area contributed by atoms with Gasteiger partial charge in [-0.3, -0.25) is 57.5 Å². The number of aliphatic hydroxyl groups is 1. The second-order valence-electron chi connectivity index (χ2n) is 19.2. The third-order valence-corrected chi connectivity index (χ3v) is 13.0. The van der Waals surface area contributed by atoms with E-state index < -0.39 is 164 Å². The number of hydrogen-bond acceptors (Lipinski definition) is 14. The number of unbranched alkanes of at least 4 members (excludes halogenated alkanes) is 5. The molecule has 9 atom stereocenters. The summed E-state index contributed by atoms with van der Waals surface area (Å²) in [7, 11) is 0. The normalized spacial score (nSPS) is 24.3. The van der Waals surface area contributed by atoms with Gasteiger partial charge >= 0.3 is 5.97 Å². The number of aliphatic hydroxyl groups excluding tert-OH is 1. The Labute approximate surface area is 434 Å². The molecular weight excluding hydrogens is 983 g/mol. The van der Waals surface area contributed by atoms with Crippen LogP contribution in [-0.4, -0.2) is 153 Å². The van der Waals surface area contributed by atoms with Gasteiger partial charge in [-0.05, 0) is 49.3 Å². The van der Waals surface area contributed by atoms with Crippen LogP contribution < -0.4 is 54.4 Å². The summed E-state index contributed by atoms with van der Waals surface area (Å²) in [6.45, 7) is 3.21. The van der Waals surface area contributed by atoms with Crippen LogP contribution in [0.3, 0.4) is 0 Å². The molecule has 2 fully saturated rings. The van der Waals surface area contributed by atoms with E-state index in [-0.39, 0.29) is 38.0 Å². The highest BCUT2D eigenvalue weighted by Gasteiger charge is 2.41. The van der Waals surface area contributed by atoms with Gasteiger partial charge in [-0.15, -0.1) is 0 Å². The van der Waals surface area contributed by atoms with Crippen molar-refractivity contribution in [2.24, 2.45) is 23.1 Å². The number of nitrogens with one attached hydrogen (secondary N) is 7. The molecule has 416 valence electrons. The van der Waals surface area contributed by atoms with Gasteiger partial charge in [-0.1, -0.05) is 77.3 Å². The number of hydrogen-bond donors (Lipinski definition) is 13. The molecular formula is C49H75N11O15. The van der Waals surface area contributed by atoms with Gasteiger partial charge in [0.2, 0.25) is 65.0 Å². The third-order valence-electron chi connectivity index (χ3n) is 13.0. The van der Waals surface area contributed by atoms with Crippen molar-refractivity contribution in [2.75, 3.05) is 13.2 Å². The number of benzene rings is 1. The second kappa shape index (κ2) is 31.4. The summed E-state index contributed by atoms with van der Waals surface area (Å²) >= 11 is 0. The molecule has 75 heavy (non-hydrogen) atoms. The minimum absolute atomic E-state index is 0.00430. The topological polar surface area (TPSA) is 431 Å². The summed E-state index contributed by atoms with van der Waals surface area (Å²) in [5.41, 5.74) is 16.6. The predicted octanol–water partition coefficient (Wildman–Crippen LogP) is -2.63. The van der Waals surface area contributed by atoms with E-state index in [1.807, 2.05) is 0 Å². The molecule has 0 bridgehead atoms. The number of primary amides is 3. The lowest BCUT2D eigenvalue weighted by Gasteiger charge is -2.31. The zero-order valence-corrected chi connectivity index (χ0v) is 42.6. The molecule has 2 aliphatic heterocycles. The number of aromatic hydroxyl groups is 1. The molecule has 26 heteroatoms. The molecule has 1 aromatic carbocycles. The lowest BCUT2D eigenvalue weighted by molar-refractivity contribution is -0.143. The SMILES string of the molecule is CC[C@H](C)CCCCCCCC[C@H]1CC(=O)N[C@@H](CC(=O)O)C(=O)N[C@@H](Cc2ccc(O)cc2)C(=O)N[C@@H](CC(N)=O)C(=O)N[C@@H](CCC(N)=O)C(=O)N2CCC[C@H]2C(=O)N[C@@H](CC(N)=O)C(=O)N[C@@H](CO)C(=O)N1. The molecule has 11 amide bonds. The fourth-order valence-electron chi connectivity index (χ4n) is 8.68. The monoisotopic (exact) mass is 1060 g/mol. The standard InChI is InChI=1S/C49H75N11O15/c1-3-27(2)11-8-6-4-5-7-9-12-29-22-41(66)54-35(25-42(67)68)46(72)56-32(21-28-14-16-30(62)17-15-28)43(69)57-33(23-39(51)64)44(70)55-31(18-19-38(50)63)49(75)60-20-10-13-37(60)48(74)58-34(24-40(52)65)45(71)59-36(26-61)47(73)53-29/h14-17,27,29,31-37,61-62H,3-13,18-26H2,1-2H3,(H2,50,63)(H2,51,64)(H2,52,65)(H,53,73)(H,54,66)(H,55,70)(H,56,72)(H,57,69)(H,58,74)(H,59,71)(H,67,68)/t27-,29-,31-,32-,33-,34-,35-,36-,37-/m0/s1. The molecule has 3 rings (SSSR count). The molecule has 0 unspecified atom stereocenters. The van der Waals surface area contributed by atoms with Crippen molar-refractivity contribution in [1.82, 2.24) is 42.1 Å². The van der Waals surface area contributed by atoms with E-state index in [9.17, 15) is 72.9 Å². The molecule has 2 saturated heterocycles. The highest BCUT2D eigenvalue weighted by atomic mass is 16.4. The number of rotatable bonds is 22. The molecule has 0 aromatic heterocycles. The van der Waals surface area contributed by atoms with Crippen molar-refractivity contribution in [3.8, 4) is 5.75 Å². The Morgan fingerprint density at radius 3 is 1.69 bits per heavy atom. The Kier molecular flexibility index (Phi) is 25.9. The van der Waals surface area contributed by atoms with Gasteiger partial charge < -0.3 is 74.6 Å². The number of amides is 11. The van der Waals surface area contributed by atoms with Crippen molar-refractivity contribution >= 4 is 70.9 Å². The van der Waals surface area contributed by atoms with E-state index in [4.69, 9.17) is 17.2 Å². The smallest absolute Gasteiger partial charge is 0.305 e. The highest BCUT2D eigenvalue weighted by Crippen LogP contribution is 2.21. The van der Waals surface area contributed by atoms with Crippen LogP contribution in [0.5, 0.6) is 5.75 Å². The van der Waals surface area contributed by atoms with Crippen LogP contribution in [0.2, 0.25) is 0 Å². The number of carbonyl (C=O) groups is 12. The molecule has 0 radical (unpaired) electrons. The lowest BCUT2D eigenvalue weighted by atomic mass is 9.99. The van der Waals surface area contributed by atoms with Crippen LogP contribution in [-0.2, 0) is 64.0 Å². The molecule has 2 heterocycles. The van der Waals surface area contributed by atoms with E-state index >= 15 is 0 Å². The minimum Gasteiger partial charge on any atom is -0.508 e. The van der Waals surface area contributed by atoms with Gasteiger partial charge in [0.05, 0.1) is 25.9 Å². The fourth-order valence-corrected chi connectivity index (χ4v) is 8.68. The Hall–Kier alpha value is -7.38. The maximum Gasteiger partial charge on any atom is 0.305 e. The van der Waals surface area contributed by atoms with Gasteiger partial charge in [-0.2, -0.15) is 0 Å². The first-order valence-electron chi connectivity index (χ1n) is 25.4. The number of nitrogens with zero attached hydrogens (tertiary/aromatic N) is 1. The van der Waals surface area contributed by atoms with Gasteiger partial charge in [0, 0.05) is 31.8 Å². The summed E-state index contributed by atoms with van der Waals surface area (Å²) in [4.78, 5) is 162. The van der Waals surface area contributed by atoms with Gasteiger partial charge in [0.1, 0.15) is 48.0 Å². The van der Waals surface area contributed by atoms with E-state index in [0.29, 0.717) is 24.3 Å². The summed E-state index contributed by atoms with van der Waals surface area (Å²) in [6, 6.07) is -7.70. The van der Waals surface area contributed by atoms with Crippen molar-refractivity contribution in [2.45, 2.75) is 178 Å². The number of carboxylic acids is 1. The van der Waals surface area contributed by atoms with E-state index in [1.54, 1.807) is 0 Å². The molecule has 1 aromatic rings. The average molecular weight is 1060 g/mol. The van der Waals surface area contributed by atoms with Crippen molar-refractivity contribution < 1.29 is 72.9 Å². The largest absolute Gasteiger partial charge is 0.508 e. The summed E-state index contributed by atoms with van der Waals surface area (Å²) in [5, 5.41) is 46.9. The maximum absolute atomic E-state index is 14.3. The summed E-state index contributed by atoms with van der Waals surface area (Å²) < 4.78 is 0. The van der Waals surface area contributed by atoms with Crippen LogP contribution in [0, 0.1) is 5.92 Å². The van der Waals surface area contributed by atoms with Gasteiger partial charge in [0.25, 0.3) is 0 Å². The fraction of sp³-hybridized carbons (Fsp3) is 0.633. The number of nitrogens with two attached hydrogens (primary N) is 3. The third kappa shape index (κ3) is 21.9. The lowest BCUT2D eigenvalue weighted by Crippen LogP contribution is -2.60. The Morgan fingerprint density at radius 2 is 1.13 bits per heavy atom. The van der Waals surface area contributed by atoms with Crippen LogP contribution in [0.4, 0.5) is 0 Å². The van der Waals surface area contributed by atoms with Crippen molar-refractivity contribution in [1.29, 1.82) is 0 Å². The number of carbonyl (C=O) groups excluding carboxylic acids is 11. The first-order valence-corrected chi connectivity index (χ1v) is 25.4. The Balaban J connectivity index is 2.12. The number of phenolic OH excluding ortho intramolecular Hbond substituents is 1. The molecule has 0 spiro atoms. The molecule has 16 N–H and O–H groups in total. The van der Waals surface area contributed by atoms with Gasteiger partial charge in [-0.25, -0.2) is 0 Å². The summed E-state index contributed by atoms with van der Waals surface area (Å²) in [5.74, 6) is -12.8. The number of aliphatic carboxylic acids is 1. The highest BCUT2D eigenvalue weighted by molar-refractivity contribution is 6.00. The number of phenols is 1. The average Bonchev–Trinajstić information content (AvgIpc) is 3.84. The zero-order chi connectivity index (χ0) is 55.8. The Bertz CT molecular complexity index is 2200. The van der Waals surface area contributed by atoms with E-state index in [2.05, 4.69) is 51.1 Å². The molecule has 0 aliphatic carbocycles. The van der Waals surface area contributed by atoms with Gasteiger partial charge in [0.15, 0.2) is 0 Å². The van der Waals surface area contributed by atoms with Crippen molar-refractivity contribution in [3.63, 3.8) is 0 Å². The quantitative estimate of drug-likeness (QED) is 0.0529. The second-order valence-corrected chi connectivity index (χ2v) is 19.2. The molecule has 26 nitrogen and oxygen atoms in total. The maximum atomic E-state index is 14.3. The van der Waals surface area contributed by atoms with Crippen molar-refractivity contribution in [3.05, 3.63) is 29.8 Å². The first kappa shape index (κ1) is 61.9. The van der Waals surface area contributed by atoms with E-state index in [0.717, 1.165) is 43.4 Å². The molecule has 2 aliphatic rings. The zero-order valence-electron chi connectivity index (χ0n) is 42.6. The van der Waals surface area contributed by atoms with E-state index in [1.165, 1.54) is 24.3 Å². The molecule has 0 saturated carbocycles. The van der Waals surface area contributed by atoms with Crippen LogP contribution in [0.15, 0.2) is 24.3 Å². The van der Waals surface area contributed by atoms with Crippen LogP contribution >= 0.6 is 0 Å². The predicted molar refractivity (Wildman–Crippen MR) is 266 cm³/mol. The van der Waals surface area contributed by atoms with Crippen LogP contribution in [0.25, 0.3) is 0 Å². The minimum atomic E-state index is -1.88. The number of carboxylic acid groups (broad SMARTS) is 1. The summed E-state index contributed by atoms with van der Waals surface area (Å²) in [6.07, 6.45) is 2.88. The first-order chi connectivity index (χ1) is 35.5. The Morgan fingerprint density at radius 1 is 0.627 bits per heavy atom.